The number of hydrogen-bond acceptors (Lipinski definition) is 2. The lowest BCUT2D eigenvalue weighted by atomic mass is 9.79. The van der Waals surface area contributed by atoms with Crippen molar-refractivity contribution in [2.24, 2.45) is 0 Å². The number of fused-ring (bicyclic) bond motifs is 1. The Morgan fingerprint density at radius 1 is 1.16 bits per heavy atom. The van der Waals surface area contributed by atoms with Gasteiger partial charge >= 0.3 is 5.97 Å². The van der Waals surface area contributed by atoms with E-state index in [0.717, 1.165) is 12.8 Å². The fourth-order valence-corrected chi connectivity index (χ4v) is 3.46. The van der Waals surface area contributed by atoms with Gasteiger partial charge in [0, 0.05) is 12.1 Å². The third-order valence-corrected chi connectivity index (χ3v) is 4.67. The molecule has 5 heteroatoms. The number of hydrogen-bond donors (Lipinski definition) is 1. The van der Waals surface area contributed by atoms with E-state index < -0.39 is 23.7 Å². The van der Waals surface area contributed by atoms with Crippen molar-refractivity contribution in [2.45, 2.75) is 31.7 Å². The number of amides is 1. The van der Waals surface area contributed by atoms with Crippen LogP contribution in [0.2, 0.25) is 0 Å². The molecule has 0 unspecified atom stereocenters. The van der Waals surface area contributed by atoms with E-state index >= 15 is 0 Å². The van der Waals surface area contributed by atoms with Crippen LogP contribution < -0.4 is 0 Å². The molecule has 1 amide bonds. The fourth-order valence-electron chi connectivity index (χ4n) is 3.46. The van der Waals surface area contributed by atoms with Gasteiger partial charge < -0.3 is 10.0 Å². The molecule has 3 rings (SSSR count). The average Bonchev–Trinajstić information content (AvgIpc) is 2.61. The number of halogens is 1. The smallest absolute Gasteiger partial charge is 0.313 e. The summed E-state index contributed by atoms with van der Waals surface area (Å²) in [5.41, 5.74) is 1.58. The molecular weight excluding hydrogens is 321 g/mol. The van der Waals surface area contributed by atoms with Gasteiger partial charge in [-0.1, -0.05) is 43.7 Å². The molecule has 2 aromatic rings. The molecule has 0 aliphatic carbocycles. The monoisotopic (exact) mass is 341 g/mol. The van der Waals surface area contributed by atoms with Gasteiger partial charge in [-0.25, -0.2) is 4.39 Å². The molecule has 2 aromatic carbocycles. The third kappa shape index (κ3) is 3.14. The van der Waals surface area contributed by atoms with Gasteiger partial charge in [-0.3, -0.25) is 9.59 Å². The van der Waals surface area contributed by atoms with Crippen molar-refractivity contribution >= 4 is 11.9 Å². The normalized spacial score (nSPS) is 19.6. The Bertz CT molecular complexity index is 788. The molecule has 130 valence electrons. The first-order valence-electron chi connectivity index (χ1n) is 8.42. The average molecular weight is 341 g/mol. The Kier molecular flexibility index (Phi) is 4.83. The van der Waals surface area contributed by atoms with E-state index in [-0.39, 0.29) is 5.91 Å². The maximum Gasteiger partial charge on any atom is 0.313 e. The Morgan fingerprint density at radius 3 is 2.48 bits per heavy atom. The van der Waals surface area contributed by atoms with Crippen molar-refractivity contribution in [1.82, 2.24) is 4.90 Å². The van der Waals surface area contributed by atoms with E-state index in [2.05, 4.69) is 0 Å². The van der Waals surface area contributed by atoms with Crippen LogP contribution in [-0.2, 0) is 4.79 Å². The molecule has 0 radical (unpaired) electrons. The van der Waals surface area contributed by atoms with Gasteiger partial charge in [0.2, 0.25) is 0 Å². The predicted molar refractivity (Wildman–Crippen MR) is 91.9 cm³/mol. The van der Waals surface area contributed by atoms with Gasteiger partial charge in [0.1, 0.15) is 11.7 Å². The highest BCUT2D eigenvalue weighted by Crippen LogP contribution is 2.42. The second-order valence-electron chi connectivity index (χ2n) is 6.25. The molecule has 0 bridgehead atoms. The van der Waals surface area contributed by atoms with Crippen LogP contribution in [0.1, 0.15) is 53.2 Å². The Balaban J connectivity index is 2.16. The second kappa shape index (κ2) is 7.05. The molecule has 0 aromatic heterocycles. The zero-order chi connectivity index (χ0) is 18.0. The minimum atomic E-state index is -0.990. The van der Waals surface area contributed by atoms with Gasteiger partial charge in [0.25, 0.3) is 5.91 Å². The molecule has 0 fully saturated rings. The standard InChI is InChI=1S/C20H20FNO3/c1-2-3-12-22-18(13-8-10-14(21)11-9-13)17(20(24)25)15-6-4-5-7-16(15)19(22)23/h4-11,17-18H,2-3,12H2,1H3,(H,24,25)/t17-,18+/m1/s1. The van der Waals surface area contributed by atoms with E-state index in [9.17, 15) is 19.1 Å². The topological polar surface area (TPSA) is 57.6 Å². The highest BCUT2D eigenvalue weighted by molar-refractivity contribution is 6.00. The SMILES string of the molecule is CCCCN1C(=O)c2ccccc2[C@@H](C(=O)O)[C@@H]1c1ccc(F)cc1. The van der Waals surface area contributed by atoms with Gasteiger partial charge in [-0.05, 0) is 35.7 Å². The maximum atomic E-state index is 13.3. The van der Waals surface area contributed by atoms with E-state index in [4.69, 9.17) is 0 Å². The zero-order valence-electron chi connectivity index (χ0n) is 14.0. The number of benzene rings is 2. The Morgan fingerprint density at radius 2 is 1.84 bits per heavy atom. The first-order valence-corrected chi connectivity index (χ1v) is 8.42. The Labute approximate surface area is 145 Å². The molecule has 2 atom stereocenters. The summed E-state index contributed by atoms with van der Waals surface area (Å²) in [5.74, 6) is -2.43. The number of unbranched alkanes of at least 4 members (excludes halogenated alkanes) is 1. The van der Waals surface area contributed by atoms with E-state index in [1.54, 1.807) is 41.3 Å². The number of carbonyl (C=O) groups excluding carboxylic acids is 1. The predicted octanol–water partition coefficient (Wildman–Crippen LogP) is 3.99. The van der Waals surface area contributed by atoms with Crippen LogP contribution in [0.15, 0.2) is 48.5 Å². The van der Waals surface area contributed by atoms with Gasteiger partial charge in [-0.2, -0.15) is 0 Å². The van der Waals surface area contributed by atoms with Gasteiger partial charge in [0.15, 0.2) is 0 Å². The van der Waals surface area contributed by atoms with Crippen molar-refractivity contribution in [2.75, 3.05) is 6.54 Å². The highest BCUT2D eigenvalue weighted by Gasteiger charge is 2.43. The van der Waals surface area contributed by atoms with E-state index in [1.165, 1.54) is 12.1 Å². The summed E-state index contributed by atoms with van der Waals surface area (Å²) in [6.07, 6.45) is 1.66. The largest absolute Gasteiger partial charge is 0.481 e. The molecule has 0 saturated heterocycles. The van der Waals surface area contributed by atoms with Crippen molar-refractivity contribution in [3.63, 3.8) is 0 Å². The van der Waals surface area contributed by atoms with Crippen LogP contribution in [0.4, 0.5) is 4.39 Å². The molecule has 1 aliphatic heterocycles. The van der Waals surface area contributed by atoms with Crippen molar-refractivity contribution in [3.8, 4) is 0 Å². The number of carbonyl (C=O) groups is 2. The number of nitrogens with zero attached hydrogens (tertiary/aromatic N) is 1. The molecular formula is C20H20FNO3. The molecule has 25 heavy (non-hydrogen) atoms. The molecule has 0 saturated carbocycles. The highest BCUT2D eigenvalue weighted by atomic mass is 19.1. The first-order chi connectivity index (χ1) is 12.0. The lowest BCUT2D eigenvalue weighted by Crippen LogP contribution is -2.45. The number of aliphatic carboxylic acids is 1. The molecule has 1 N–H and O–H groups in total. The van der Waals surface area contributed by atoms with E-state index in [0.29, 0.717) is 23.2 Å². The summed E-state index contributed by atoms with van der Waals surface area (Å²) < 4.78 is 13.3. The summed E-state index contributed by atoms with van der Waals surface area (Å²) in [4.78, 5) is 26.7. The number of rotatable bonds is 5. The quantitative estimate of drug-likeness (QED) is 0.894. The van der Waals surface area contributed by atoms with Crippen LogP contribution in [0.5, 0.6) is 0 Å². The summed E-state index contributed by atoms with van der Waals surface area (Å²) in [7, 11) is 0. The number of carboxylic acid groups (broad SMARTS) is 1. The second-order valence-corrected chi connectivity index (χ2v) is 6.25. The summed E-state index contributed by atoms with van der Waals surface area (Å²) in [6, 6.07) is 11.9. The lowest BCUT2D eigenvalue weighted by Gasteiger charge is -2.41. The summed E-state index contributed by atoms with van der Waals surface area (Å²) >= 11 is 0. The van der Waals surface area contributed by atoms with Crippen LogP contribution in [0, 0.1) is 5.82 Å². The zero-order valence-corrected chi connectivity index (χ0v) is 14.0. The fraction of sp³-hybridized carbons (Fsp3) is 0.300. The minimum absolute atomic E-state index is 0.170. The number of carboxylic acids is 1. The molecule has 1 heterocycles. The molecule has 1 aliphatic rings. The van der Waals surface area contributed by atoms with Crippen molar-refractivity contribution < 1.29 is 19.1 Å². The van der Waals surface area contributed by atoms with Gasteiger partial charge in [0.05, 0.1) is 6.04 Å². The van der Waals surface area contributed by atoms with Crippen LogP contribution in [0.25, 0.3) is 0 Å². The third-order valence-electron chi connectivity index (χ3n) is 4.67. The van der Waals surface area contributed by atoms with Crippen LogP contribution >= 0.6 is 0 Å². The maximum absolute atomic E-state index is 13.3. The van der Waals surface area contributed by atoms with Crippen molar-refractivity contribution in [1.29, 1.82) is 0 Å². The molecule has 0 spiro atoms. The van der Waals surface area contributed by atoms with Crippen LogP contribution in [0.3, 0.4) is 0 Å². The minimum Gasteiger partial charge on any atom is -0.481 e. The molecule has 4 nitrogen and oxygen atoms in total. The van der Waals surface area contributed by atoms with E-state index in [1.807, 2.05) is 6.92 Å². The summed E-state index contributed by atoms with van der Waals surface area (Å²) in [6.45, 7) is 2.49. The van der Waals surface area contributed by atoms with Gasteiger partial charge in [-0.15, -0.1) is 0 Å². The Hall–Kier alpha value is -2.69. The van der Waals surface area contributed by atoms with Crippen LogP contribution in [-0.4, -0.2) is 28.4 Å². The summed E-state index contributed by atoms with van der Waals surface area (Å²) in [5, 5.41) is 9.89. The van der Waals surface area contributed by atoms with Crippen molar-refractivity contribution in [3.05, 3.63) is 71.0 Å². The first kappa shape index (κ1) is 17.1. The lowest BCUT2D eigenvalue weighted by molar-refractivity contribution is -0.140.